The molecule has 1 saturated heterocycles. The Morgan fingerprint density at radius 2 is 1.16 bits per heavy atom. The van der Waals surface area contributed by atoms with E-state index in [0.29, 0.717) is 13.2 Å². The topological polar surface area (TPSA) is 64.5 Å². The highest BCUT2D eigenvalue weighted by atomic mass is 16.8. The fraction of sp³-hybridized carbons (Fsp3) is 0.308. The molecule has 1 unspecified atom stereocenters. The number of aliphatic hydroxyl groups is 1. The molecule has 0 bridgehead atoms. The van der Waals surface area contributed by atoms with Crippen LogP contribution in [0.25, 0.3) is 0 Å². The van der Waals surface area contributed by atoms with Crippen molar-refractivity contribution in [3.8, 4) is 0 Å². The van der Waals surface area contributed by atoms with Crippen molar-refractivity contribution in [1.82, 2.24) is 0 Å². The molecule has 4 rings (SSSR count). The zero-order valence-corrected chi connectivity index (χ0v) is 17.4. The molecule has 31 heavy (non-hydrogen) atoms. The summed E-state index contributed by atoms with van der Waals surface area (Å²) in [4.78, 5) is 0. The summed E-state index contributed by atoms with van der Waals surface area (Å²) in [6.07, 6.45) is -3.64. The van der Waals surface area contributed by atoms with Crippen molar-refractivity contribution in [2.45, 2.75) is 44.4 Å². The van der Waals surface area contributed by atoms with Crippen LogP contribution in [-0.4, -0.2) is 36.3 Å². The number of ether oxygens (including phenoxy) is 2. The molecule has 5 nitrogen and oxygen atoms in total. The summed E-state index contributed by atoms with van der Waals surface area (Å²) in [6, 6.07) is 29.2. The van der Waals surface area contributed by atoms with Gasteiger partial charge in [0.25, 0.3) is 0 Å². The monoisotopic (exact) mass is 420 g/mol. The average molecular weight is 421 g/mol. The summed E-state index contributed by atoms with van der Waals surface area (Å²) in [5.74, 6) is 0. The van der Waals surface area contributed by atoms with Gasteiger partial charge in [0, 0.05) is 5.56 Å². The van der Waals surface area contributed by atoms with Crippen LogP contribution >= 0.6 is 0 Å². The van der Waals surface area contributed by atoms with Gasteiger partial charge in [0.05, 0.1) is 13.2 Å². The lowest BCUT2D eigenvalue weighted by Gasteiger charge is -2.46. The molecule has 1 aliphatic rings. The van der Waals surface area contributed by atoms with Gasteiger partial charge in [-0.3, -0.25) is 0 Å². The Labute approximate surface area is 183 Å². The fourth-order valence-corrected chi connectivity index (χ4v) is 3.81. The second kappa shape index (κ2) is 10.7. The fourth-order valence-electron chi connectivity index (χ4n) is 3.81. The molecular weight excluding hydrogens is 392 g/mol. The van der Waals surface area contributed by atoms with E-state index in [1.807, 2.05) is 91.0 Å². The molecule has 0 aromatic heterocycles. The zero-order chi connectivity index (χ0) is 21.5. The van der Waals surface area contributed by atoms with Crippen molar-refractivity contribution in [3.05, 3.63) is 108 Å². The third kappa shape index (κ3) is 5.79. The van der Waals surface area contributed by atoms with E-state index in [9.17, 15) is 10.2 Å². The van der Waals surface area contributed by atoms with Gasteiger partial charge in [0.2, 0.25) is 0 Å². The highest BCUT2D eigenvalue weighted by Crippen LogP contribution is 2.28. The van der Waals surface area contributed by atoms with Crippen molar-refractivity contribution in [2.75, 3.05) is 6.61 Å². The molecular formula is C26H28O5. The number of hydrogen-bond acceptors (Lipinski definition) is 4. The van der Waals surface area contributed by atoms with Gasteiger partial charge in [-0.05, 0) is 11.1 Å². The van der Waals surface area contributed by atoms with Crippen molar-refractivity contribution >= 4 is 0 Å². The minimum atomic E-state index is -1.23. The molecule has 3 aromatic carbocycles. The number of rotatable bonds is 8. The van der Waals surface area contributed by atoms with Crippen LogP contribution < -0.4 is 5.11 Å². The third-order valence-electron chi connectivity index (χ3n) is 5.45. The minimum absolute atomic E-state index is 0.160. The van der Waals surface area contributed by atoms with Crippen molar-refractivity contribution < 1.29 is 24.1 Å². The minimum Gasteiger partial charge on any atom is -0.787 e. The van der Waals surface area contributed by atoms with Crippen LogP contribution in [0, 0.1) is 0 Å². The van der Waals surface area contributed by atoms with Crippen molar-refractivity contribution in [2.24, 2.45) is 0 Å². The lowest BCUT2D eigenvalue weighted by Crippen LogP contribution is -2.63. The first-order valence-corrected chi connectivity index (χ1v) is 10.6. The van der Waals surface area contributed by atoms with E-state index in [-0.39, 0.29) is 13.2 Å². The molecule has 0 amide bonds. The Morgan fingerprint density at radius 1 is 0.710 bits per heavy atom. The molecule has 1 fully saturated rings. The Kier molecular flexibility index (Phi) is 7.46. The smallest absolute Gasteiger partial charge is 0.174 e. The van der Waals surface area contributed by atoms with Gasteiger partial charge in [-0.2, -0.15) is 0 Å². The Balaban J connectivity index is 1.49. The van der Waals surface area contributed by atoms with Gasteiger partial charge in [-0.15, -0.1) is 0 Å². The second-order valence-electron chi connectivity index (χ2n) is 7.79. The van der Waals surface area contributed by atoms with E-state index in [1.165, 1.54) is 0 Å². The highest BCUT2D eigenvalue weighted by molar-refractivity contribution is 5.15. The molecule has 5 heteroatoms. The third-order valence-corrected chi connectivity index (χ3v) is 5.45. The molecule has 3 aromatic rings. The van der Waals surface area contributed by atoms with Crippen LogP contribution in [0.1, 0.15) is 16.7 Å². The first kappa shape index (κ1) is 21.7. The number of hydrogen-bond donors (Lipinski definition) is 1. The summed E-state index contributed by atoms with van der Waals surface area (Å²) < 4.78 is 14.8. The average Bonchev–Trinajstić information content (AvgIpc) is 2.81. The van der Waals surface area contributed by atoms with Crippen LogP contribution in [0.5, 0.6) is 0 Å². The predicted octanol–water partition coefficient (Wildman–Crippen LogP) is 2.97. The highest BCUT2D eigenvalue weighted by Gasteiger charge is 2.44. The van der Waals surface area contributed by atoms with Gasteiger partial charge < -0.3 is 24.1 Å². The summed E-state index contributed by atoms with van der Waals surface area (Å²) in [5.41, 5.74) is 2.94. The van der Waals surface area contributed by atoms with Gasteiger partial charge in [-0.25, -0.2) is 0 Å². The lowest BCUT2D eigenvalue weighted by atomic mass is 10.0. The molecule has 1 heterocycles. The molecule has 1 N–H and O–H groups in total. The second-order valence-corrected chi connectivity index (χ2v) is 7.79. The van der Waals surface area contributed by atoms with Gasteiger partial charge in [0.15, 0.2) is 19.3 Å². The van der Waals surface area contributed by atoms with Crippen LogP contribution in [-0.2, 0) is 33.7 Å². The van der Waals surface area contributed by atoms with Crippen molar-refractivity contribution in [3.63, 3.8) is 0 Å². The van der Waals surface area contributed by atoms with Crippen LogP contribution in [0.15, 0.2) is 91.0 Å². The van der Waals surface area contributed by atoms with E-state index in [0.717, 1.165) is 16.7 Å². The zero-order valence-electron chi connectivity index (χ0n) is 17.4. The molecule has 0 saturated carbocycles. The quantitative estimate of drug-likeness (QED) is 0.569. The van der Waals surface area contributed by atoms with Gasteiger partial charge in [-0.1, -0.05) is 91.0 Å². The molecule has 162 valence electrons. The molecule has 0 aliphatic carbocycles. The normalized spacial score (nSPS) is 24.2. The largest absolute Gasteiger partial charge is 0.787 e. The first-order chi connectivity index (χ1) is 15.2. The molecule has 4 atom stereocenters. The summed E-state index contributed by atoms with van der Waals surface area (Å²) in [7, 11) is 0. The lowest BCUT2D eigenvalue weighted by molar-refractivity contribution is -0.579. The van der Waals surface area contributed by atoms with Crippen LogP contribution in [0.2, 0.25) is 0 Å². The maximum atomic E-state index is 13.4. The Bertz CT molecular complexity index is 903. The van der Waals surface area contributed by atoms with E-state index >= 15 is 0 Å². The number of aliphatic hydroxyl groups excluding tert-OH is 1. The molecule has 0 radical (unpaired) electrons. The molecule has 1 aliphatic heterocycles. The SMILES string of the molecule is [O-]C1[C@H](OCc2ccccc2)[C@H](OCc2ccccc2)[C@H](O)C[O+]1Cc1ccccc1. The van der Waals surface area contributed by atoms with E-state index in [2.05, 4.69) is 4.37 Å². The Hall–Kier alpha value is -2.54. The van der Waals surface area contributed by atoms with E-state index < -0.39 is 24.6 Å². The maximum absolute atomic E-state index is 13.4. The van der Waals surface area contributed by atoms with Gasteiger partial charge >= 0.3 is 0 Å². The van der Waals surface area contributed by atoms with Gasteiger partial charge in [0.1, 0.15) is 18.5 Å². The van der Waals surface area contributed by atoms with Crippen LogP contribution in [0.3, 0.4) is 0 Å². The standard InChI is InChI=1S/C26H28O5/c27-23-19-31(18-22-14-8-3-9-15-22)26(28)25(30-17-21-12-6-2-7-13-21)24(23)29-16-20-10-4-1-5-11-20/h1-15,23-27H,16-19H2/t23-,24-,25-,26?/m1/s1. The summed E-state index contributed by atoms with van der Waals surface area (Å²) >= 11 is 0. The number of benzene rings is 3. The van der Waals surface area contributed by atoms with E-state index in [1.54, 1.807) is 0 Å². The van der Waals surface area contributed by atoms with Crippen LogP contribution in [0.4, 0.5) is 0 Å². The predicted molar refractivity (Wildman–Crippen MR) is 116 cm³/mol. The maximum Gasteiger partial charge on any atom is 0.174 e. The summed E-state index contributed by atoms with van der Waals surface area (Å²) in [5, 5.41) is 24.2. The first-order valence-electron chi connectivity index (χ1n) is 10.6. The molecule has 0 spiro atoms. The summed E-state index contributed by atoms with van der Waals surface area (Å²) in [6.45, 7) is 1.13. The van der Waals surface area contributed by atoms with Crippen molar-refractivity contribution in [1.29, 1.82) is 0 Å². The van der Waals surface area contributed by atoms with E-state index in [4.69, 9.17) is 9.47 Å². The Morgan fingerprint density at radius 3 is 1.68 bits per heavy atom.